The summed E-state index contributed by atoms with van der Waals surface area (Å²) in [6, 6.07) is 4.47. The Labute approximate surface area is 125 Å². The van der Waals surface area contributed by atoms with Gasteiger partial charge in [0.05, 0.1) is 5.69 Å². The number of hydrogen-bond donors (Lipinski definition) is 1. The van der Waals surface area contributed by atoms with Gasteiger partial charge in [0.1, 0.15) is 0 Å². The molecule has 2 aliphatic heterocycles. The van der Waals surface area contributed by atoms with E-state index in [9.17, 15) is 0 Å². The smallest absolute Gasteiger partial charge is 0.171 e. The Morgan fingerprint density at radius 2 is 2.14 bits per heavy atom. The van der Waals surface area contributed by atoms with Crippen LogP contribution in [0.5, 0.6) is 0 Å². The Morgan fingerprint density at radius 1 is 1.29 bits per heavy atom. The number of aryl methyl sites for hydroxylation is 1. The van der Waals surface area contributed by atoms with Crippen LogP contribution >= 0.6 is 0 Å². The topological polar surface area (TPSA) is 41.3 Å². The van der Waals surface area contributed by atoms with E-state index in [0.717, 1.165) is 36.7 Å². The second kappa shape index (κ2) is 5.43. The molecule has 1 N–H and O–H groups in total. The van der Waals surface area contributed by atoms with Gasteiger partial charge < -0.3 is 9.84 Å². The number of benzene rings is 1. The van der Waals surface area contributed by atoms with E-state index in [1.165, 1.54) is 49.0 Å². The highest BCUT2D eigenvalue weighted by atomic mass is 16.5. The van der Waals surface area contributed by atoms with Crippen molar-refractivity contribution in [3.8, 4) is 0 Å². The summed E-state index contributed by atoms with van der Waals surface area (Å²) in [5.41, 5.74) is 4.91. The first-order chi connectivity index (χ1) is 10.3. The number of nitrogens with one attached hydrogen (secondary N) is 1. The number of hydrogen-bond acceptors (Lipinski definition) is 4. The highest BCUT2D eigenvalue weighted by Crippen LogP contribution is 2.32. The van der Waals surface area contributed by atoms with Crippen molar-refractivity contribution < 1.29 is 4.52 Å². The van der Waals surface area contributed by atoms with Crippen LogP contribution in [0, 0.1) is 5.92 Å². The fraction of sp³-hybridized carbons (Fsp3) is 0.588. The van der Waals surface area contributed by atoms with Gasteiger partial charge in [-0.05, 0) is 49.9 Å². The first-order valence-electron chi connectivity index (χ1n) is 8.17. The van der Waals surface area contributed by atoms with Crippen LogP contribution in [-0.4, -0.2) is 29.7 Å². The first kappa shape index (κ1) is 13.3. The summed E-state index contributed by atoms with van der Waals surface area (Å²) in [6.07, 6.45) is 3.56. The van der Waals surface area contributed by atoms with Crippen molar-refractivity contribution in [3.63, 3.8) is 0 Å². The van der Waals surface area contributed by atoms with Crippen molar-refractivity contribution in [1.82, 2.24) is 15.4 Å². The third-order valence-corrected chi connectivity index (χ3v) is 5.00. The van der Waals surface area contributed by atoms with E-state index in [4.69, 9.17) is 4.52 Å². The number of rotatable bonds is 3. The van der Waals surface area contributed by atoms with E-state index in [-0.39, 0.29) is 0 Å². The van der Waals surface area contributed by atoms with Crippen LogP contribution in [-0.2, 0) is 19.5 Å². The summed E-state index contributed by atoms with van der Waals surface area (Å²) in [5, 5.41) is 8.89. The molecule has 1 aromatic carbocycles. The number of nitrogens with zero attached hydrogens (tertiary/aromatic N) is 2. The van der Waals surface area contributed by atoms with Crippen molar-refractivity contribution in [2.75, 3.05) is 19.6 Å². The minimum absolute atomic E-state index is 0.844. The van der Waals surface area contributed by atoms with Crippen molar-refractivity contribution in [2.24, 2.45) is 5.92 Å². The molecule has 4 nitrogen and oxygen atoms in total. The molecule has 0 unspecified atom stereocenters. The van der Waals surface area contributed by atoms with Crippen molar-refractivity contribution >= 4 is 11.0 Å². The zero-order valence-electron chi connectivity index (χ0n) is 12.7. The van der Waals surface area contributed by atoms with Gasteiger partial charge in [0.25, 0.3) is 0 Å². The number of fused-ring (bicyclic) bond motifs is 3. The van der Waals surface area contributed by atoms with E-state index in [2.05, 4.69) is 34.4 Å². The molecule has 4 heteroatoms. The molecule has 1 saturated heterocycles. The fourth-order valence-electron chi connectivity index (χ4n) is 3.81. The lowest BCUT2D eigenvalue weighted by Gasteiger charge is -2.27. The summed E-state index contributed by atoms with van der Waals surface area (Å²) in [5.74, 6) is 0.844. The molecule has 0 radical (unpaired) electrons. The molecule has 0 saturated carbocycles. The third-order valence-electron chi connectivity index (χ3n) is 5.00. The van der Waals surface area contributed by atoms with Crippen LogP contribution in [0.2, 0.25) is 0 Å². The highest BCUT2D eigenvalue weighted by molar-refractivity contribution is 5.84. The molecule has 1 aromatic heterocycles. The van der Waals surface area contributed by atoms with Crippen LogP contribution in [0.1, 0.15) is 36.6 Å². The quantitative estimate of drug-likeness (QED) is 0.941. The van der Waals surface area contributed by atoms with Crippen LogP contribution in [0.4, 0.5) is 0 Å². The molecule has 21 heavy (non-hydrogen) atoms. The standard InChI is InChI=1S/C17H23N3O/c1-2-16-14-4-3-13-10-20(9-12-5-7-18-8-6-12)11-15(13)17(14)21-19-16/h3-4,12,18H,2,5-11H2,1H3. The lowest BCUT2D eigenvalue weighted by molar-refractivity contribution is 0.208. The zero-order valence-corrected chi connectivity index (χ0v) is 12.7. The van der Waals surface area contributed by atoms with E-state index in [1.54, 1.807) is 0 Å². The van der Waals surface area contributed by atoms with E-state index < -0.39 is 0 Å². The van der Waals surface area contributed by atoms with Crippen LogP contribution in [0.15, 0.2) is 16.7 Å². The largest absolute Gasteiger partial charge is 0.356 e. The molecular formula is C17H23N3O. The van der Waals surface area contributed by atoms with E-state index in [1.807, 2.05) is 0 Å². The van der Waals surface area contributed by atoms with Gasteiger partial charge in [-0.25, -0.2) is 0 Å². The average Bonchev–Trinajstić information content (AvgIpc) is 3.10. The summed E-state index contributed by atoms with van der Waals surface area (Å²) in [4.78, 5) is 2.58. The fourth-order valence-corrected chi connectivity index (χ4v) is 3.81. The van der Waals surface area contributed by atoms with Crippen molar-refractivity contribution in [2.45, 2.75) is 39.3 Å². The number of aromatic nitrogens is 1. The summed E-state index contributed by atoms with van der Waals surface area (Å²) < 4.78 is 5.63. The van der Waals surface area contributed by atoms with Gasteiger partial charge in [-0.2, -0.15) is 0 Å². The summed E-state index contributed by atoms with van der Waals surface area (Å²) >= 11 is 0. The van der Waals surface area contributed by atoms with Gasteiger partial charge >= 0.3 is 0 Å². The molecule has 3 heterocycles. The first-order valence-corrected chi connectivity index (χ1v) is 8.17. The van der Waals surface area contributed by atoms with Crippen molar-refractivity contribution in [1.29, 1.82) is 0 Å². The molecular weight excluding hydrogens is 262 g/mol. The molecule has 0 spiro atoms. The monoisotopic (exact) mass is 285 g/mol. The molecule has 0 bridgehead atoms. The van der Waals surface area contributed by atoms with Gasteiger partial charge in [0.15, 0.2) is 5.58 Å². The summed E-state index contributed by atoms with van der Waals surface area (Å²) in [7, 11) is 0. The molecule has 112 valence electrons. The maximum Gasteiger partial charge on any atom is 0.171 e. The lowest BCUT2D eigenvalue weighted by Crippen LogP contribution is -2.34. The average molecular weight is 285 g/mol. The molecule has 0 atom stereocenters. The molecule has 4 rings (SSSR count). The third kappa shape index (κ3) is 2.36. The van der Waals surface area contributed by atoms with E-state index >= 15 is 0 Å². The van der Waals surface area contributed by atoms with Crippen LogP contribution < -0.4 is 5.32 Å². The number of piperidine rings is 1. The van der Waals surface area contributed by atoms with Crippen molar-refractivity contribution in [3.05, 3.63) is 29.0 Å². The minimum Gasteiger partial charge on any atom is -0.356 e. The molecule has 2 aliphatic rings. The minimum atomic E-state index is 0.844. The van der Waals surface area contributed by atoms with Gasteiger partial charge in [-0.3, -0.25) is 4.90 Å². The second-order valence-electron chi connectivity index (χ2n) is 6.43. The molecule has 0 amide bonds. The Bertz CT molecular complexity index is 643. The maximum absolute atomic E-state index is 5.63. The lowest BCUT2D eigenvalue weighted by atomic mass is 9.98. The van der Waals surface area contributed by atoms with Gasteiger partial charge in [-0.1, -0.05) is 18.1 Å². The van der Waals surface area contributed by atoms with Crippen LogP contribution in [0.25, 0.3) is 11.0 Å². The van der Waals surface area contributed by atoms with E-state index in [0.29, 0.717) is 0 Å². The Hall–Kier alpha value is -1.39. The normalized spacial score (nSPS) is 20.2. The second-order valence-corrected chi connectivity index (χ2v) is 6.43. The predicted molar refractivity (Wildman–Crippen MR) is 83.1 cm³/mol. The predicted octanol–water partition coefficient (Wildman–Crippen LogP) is 2.71. The molecule has 0 aliphatic carbocycles. The Kier molecular flexibility index (Phi) is 3.43. The van der Waals surface area contributed by atoms with Gasteiger partial charge in [0, 0.05) is 30.6 Å². The Balaban J connectivity index is 1.55. The maximum atomic E-state index is 5.63. The summed E-state index contributed by atoms with van der Waals surface area (Å²) in [6.45, 7) is 7.79. The Morgan fingerprint density at radius 3 is 2.95 bits per heavy atom. The highest BCUT2D eigenvalue weighted by Gasteiger charge is 2.26. The molecule has 1 fully saturated rings. The molecule has 2 aromatic rings. The van der Waals surface area contributed by atoms with Gasteiger partial charge in [0.2, 0.25) is 0 Å². The SMILES string of the molecule is CCc1noc2c3c(ccc12)CN(CC1CCNCC1)C3. The van der Waals surface area contributed by atoms with Crippen LogP contribution in [0.3, 0.4) is 0 Å². The zero-order chi connectivity index (χ0) is 14.2. The van der Waals surface area contributed by atoms with Gasteiger partial charge in [-0.15, -0.1) is 0 Å².